The van der Waals surface area contributed by atoms with Gasteiger partial charge in [-0.2, -0.15) is 0 Å². The minimum Gasteiger partial charge on any atom is -0.321 e. The minimum atomic E-state index is -0.358. The van der Waals surface area contributed by atoms with Gasteiger partial charge in [0.1, 0.15) is 5.78 Å². The number of carbonyl (C=O) groups excluding carboxylic acids is 1. The van der Waals surface area contributed by atoms with Gasteiger partial charge in [0.25, 0.3) is 0 Å². The van der Waals surface area contributed by atoms with Crippen LogP contribution in [0.5, 0.6) is 0 Å². The SMILES string of the molecule is CCC(=O)[C@H](N)Cc1csc2ccccc12. The largest absolute Gasteiger partial charge is 0.321 e. The van der Waals surface area contributed by atoms with Crippen molar-refractivity contribution < 1.29 is 4.79 Å². The molecule has 0 radical (unpaired) electrons. The Hall–Kier alpha value is -1.19. The van der Waals surface area contributed by atoms with Gasteiger partial charge in [-0.3, -0.25) is 4.79 Å². The van der Waals surface area contributed by atoms with Gasteiger partial charge in [0, 0.05) is 11.1 Å². The third kappa shape index (κ3) is 2.15. The van der Waals surface area contributed by atoms with E-state index in [4.69, 9.17) is 5.73 Å². The van der Waals surface area contributed by atoms with E-state index >= 15 is 0 Å². The number of Topliss-reactive ketones (excluding diaryl/α,β-unsaturated/α-hetero) is 1. The quantitative estimate of drug-likeness (QED) is 0.882. The summed E-state index contributed by atoms with van der Waals surface area (Å²) >= 11 is 1.71. The molecule has 0 aliphatic carbocycles. The Bertz CT molecular complexity index is 503. The van der Waals surface area contributed by atoms with Crippen LogP contribution in [-0.2, 0) is 11.2 Å². The Morgan fingerprint density at radius 3 is 2.94 bits per heavy atom. The maximum Gasteiger partial charge on any atom is 0.149 e. The molecule has 1 aromatic heterocycles. The summed E-state index contributed by atoms with van der Waals surface area (Å²) in [4.78, 5) is 11.5. The zero-order valence-electron chi connectivity index (χ0n) is 9.27. The summed E-state index contributed by atoms with van der Waals surface area (Å²) in [5, 5.41) is 3.33. The number of benzene rings is 1. The summed E-state index contributed by atoms with van der Waals surface area (Å²) in [5.41, 5.74) is 7.05. The van der Waals surface area contributed by atoms with Gasteiger partial charge in [-0.15, -0.1) is 11.3 Å². The van der Waals surface area contributed by atoms with E-state index in [1.54, 1.807) is 11.3 Å². The van der Waals surface area contributed by atoms with E-state index in [9.17, 15) is 4.79 Å². The van der Waals surface area contributed by atoms with E-state index in [1.807, 2.05) is 19.1 Å². The fourth-order valence-electron chi connectivity index (χ4n) is 1.80. The zero-order valence-corrected chi connectivity index (χ0v) is 10.1. The lowest BCUT2D eigenvalue weighted by Crippen LogP contribution is -2.31. The van der Waals surface area contributed by atoms with Gasteiger partial charge < -0.3 is 5.73 Å². The highest BCUT2D eigenvalue weighted by molar-refractivity contribution is 7.17. The van der Waals surface area contributed by atoms with Gasteiger partial charge >= 0.3 is 0 Å². The number of nitrogens with two attached hydrogens (primary N) is 1. The first-order valence-corrected chi connectivity index (χ1v) is 6.33. The summed E-state index contributed by atoms with van der Waals surface area (Å²) in [6.07, 6.45) is 1.17. The molecule has 2 rings (SSSR count). The number of thiophene rings is 1. The Balaban J connectivity index is 2.24. The van der Waals surface area contributed by atoms with Crippen molar-refractivity contribution >= 4 is 27.2 Å². The molecule has 2 aromatic rings. The minimum absolute atomic E-state index is 0.135. The lowest BCUT2D eigenvalue weighted by Gasteiger charge is -2.08. The summed E-state index contributed by atoms with van der Waals surface area (Å²) in [7, 11) is 0. The molecule has 2 nitrogen and oxygen atoms in total. The van der Waals surface area contributed by atoms with Gasteiger partial charge in [0.05, 0.1) is 6.04 Å². The monoisotopic (exact) mass is 233 g/mol. The molecular weight excluding hydrogens is 218 g/mol. The summed E-state index contributed by atoms with van der Waals surface area (Å²) < 4.78 is 1.26. The third-order valence-corrected chi connectivity index (χ3v) is 3.78. The Kier molecular flexibility index (Phi) is 3.36. The van der Waals surface area contributed by atoms with E-state index < -0.39 is 0 Å². The van der Waals surface area contributed by atoms with Gasteiger partial charge in [0.15, 0.2) is 0 Å². The maximum absolute atomic E-state index is 11.5. The zero-order chi connectivity index (χ0) is 11.5. The maximum atomic E-state index is 11.5. The average Bonchev–Trinajstić information content (AvgIpc) is 2.72. The van der Waals surface area contributed by atoms with Crippen LogP contribution in [-0.4, -0.2) is 11.8 Å². The van der Waals surface area contributed by atoms with Crippen LogP contribution >= 0.6 is 11.3 Å². The van der Waals surface area contributed by atoms with Crippen LogP contribution in [0.3, 0.4) is 0 Å². The lowest BCUT2D eigenvalue weighted by molar-refractivity contribution is -0.119. The molecule has 0 spiro atoms. The second kappa shape index (κ2) is 4.76. The Morgan fingerprint density at radius 2 is 2.19 bits per heavy atom. The first-order chi connectivity index (χ1) is 7.72. The summed E-state index contributed by atoms with van der Waals surface area (Å²) in [5.74, 6) is 0.135. The molecule has 1 aromatic carbocycles. The van der Waals surface area contributed by atoms with Crippen molar-refractivity contribution in [3.8, 4) is 0 Å². The molecule has 0 saturated carbocycles. The van der Waals surface area contributed by atoms with Gasteiger partial charge in [-0.25, -0.2) is 0 Å². The van der Waals surface area contributed by atoms with Crippen molar-refractivity contribution in [2.24, 2.45) is 5.73 Å². The molecule has 0 saturated heterocycles. The number of ketones is 1. The van der Waals surface area contributed by atoms with E-state index in [0.29, 0.717) is 12.8 Å². The molecule has 84 valence electrons. The number of rotatable bonds is 4. The molecule has 0 aliphatic heterocycles. The van der Waals surface area contributed by atoms with Crippen molar-refractivity contribution in [2.75, 3.05) is 0 Å². The van der Waals surface area contributed by atoms with E-state index in [-0.39, 0.29) is 11.8 Å². The van der Waals surface area contributed by atoms with Crippen LogP contribution in [0.1, 0.15) is 18.9 Å². The number of hydrogen-bond donors (Lipinski definition) is 1. The van der Waals surface area contributed by atoms with Gasteiger partial charge in [-0.05, 0) is 28.8 Å². The molecule has 0 amide bonds. The van der Waals surface area contributed by atoms with Crippen LogP contribution in [0, 0.1) is 0 Å². The fraction of sp³-hybridized carbons (Fsp3) is 0.308. The highest BCUT2D eigenvalue weighted by Crippen LogP contribution is 2.26. The number of fused-ring (bicyclic) bond motifs is 1. The first-order valence-electron chi connectivity index (χ1n) is 5.45. The van der Waals surface area contributed by atoms with Crippen LogP contribution in [0.15, 0.2) is 29.6 Å². The normalized spacial score (nSPS) is 12.9. The van der Waals surface area contributed by atoms with Crippen molar-refractivity contribution in [1.29, 1.82) is 0 Å². The van der Waals surface area contributed by atoms with Crippen LogP contribution in [0.4, 0.5) is 0 Å². The molecule has 0 aliphatic rings. The molecule has 0 unspecified atom stereocenters. The van der Waals surface area contributed by atoms with Gasteiger partial charge in [-0.1, -0.05) is 25.1 Å². The van der Waals surface area contributed by atoms with E-state index in [0.717, 1.165) is 0 Å². The summed E-state index contributed by atoms with van der Waals surface area (Å²) in [6, 6.07) is 7.87. The Morgan fingerprint density at radius 1 is 1.44 bits per heavy atom. The highest BCUT2D eigenvalue weighted by atomic mass is 32.1. The topological polar surface area (TPSA) is 43.1 Å². The number of carbonyl (C=O) groups is 1. The predicted octanol–water partition coefficient (Wildman–Crippen LogP) is 2.75. The second-order valence-electron chi connectivity index (χ2n) is 3.89. The fourth-order valence-corrected chi connectivity index (χ4v) is 2.78. The smallest absolute Gasteiger partial charge is 0.149 e. The van der Waals surface area contributed by atoms with Crippen molar-refractivity contribution in [3.05, 3.63) is 35.2 Å². The first kappa shape index (κ1) is 11.3. The lowest BCUT2D eigenvalue weighted by atomic mass is 10.0. The predicted molar refractivity (Wildman–Crippen MR) is 68.8 cm³/mol. The van der Waals surface area contributed by atoms with Crippen molar-refractivity contribution in [3.63, 3.8) is 0 Å². The Labute approximate surface area is 99.1 Å². The van der Waals surface area contributed by atoms with Crippen LogP contribution < -0.4 is 5.73 Å². The molecule has 16 heavy (non-hydrogen) atoms. The van der Waals surface area contributed by atoms with Crippen molar-refractivity contribution in [1.82, 2.24) is 0 Å². The second-order valence-corrected chi connectivity index (χ2v) is 4.80. The molecular formula is C13H15NOS. The third-order valence-electron chi connectivity index (χ3n) is 2.76. The summed E-state index contributed by atoms with van der Waals surface area (Å²) in [6.45, 7) is 1.86. The molecule has 0 bridgehead atoms. The molecule has 0 fully saturated rings. The standard InChI is InChI=1S/C13H15NOS/c1-2-12(15)11(14)7-9-8-16-13-6-4-3-5-10(9)13/h3-6,8,11H,2,7,14H2,1H3/t11-/m1/s1. The molecule has 1 heterocycles. The van der Waals surface area contributed by atoms with Crippen LogP contribution in [0.2, 0.25) is 0 Å². The highest BCUT2D eigenvalue weighted by Gasteiger charge is 2.14. The molecule has 3 heteroatoms. The molecule has 1 atom stereocenters. The van der Waals surface area contributed by atoms with Crippen molar-refractivity contribution in [2.45, 2.75) is 25.8 Å². The van der Waals surface area contributed by atoms with Crippen LogP contribution in [0.25, 0.3) is 10.1 Å². The number of hydrogen-bond acceptors (Lipinski definition) is 3. The average molecular weight is 233 g/mol. The van der Waals surface area contributed by atoms with E-state index in [1.165, 1.54) is 15.6 Å². The molecule has 2 N–H and O–H groups in total. The van der Waals surface area contributed by atoms with E-state index in [2.05, 4.69) is 17.5 Å². The van der Waals surface area contributed by atoms with Gasteiger partial charge in [0.2, 0.25) is 0 Å².